The second-order valence-corrected chi connectivity index (χ2v) is 5.67. The molecule has 2 aromatic carbocycles. The van der Waals surface area contributed by atoms with Crippen LogP contribution in [-0.4, -0.2) is 5.91 Å². The van der Waals surface area contributed by atoms with Crippen molar-refractivity contribution in [2.75, 3.05) is 5.32 Å². The zero-order chi connectivity index (χ0) is 15.4. The Morgan fingerprint density at radius 3 is 2.48 bits per heavy atom. The van der Waals surface area contributed by atoms with Crippen molar-refractivity contribution < 1.29 is 9.18 Å². The predicted octanol–water partition coefficient (Wildman–Crippen LogP) is 5.26. The van der Waals surface area contributed by atoms with Crippen LogP contribution in [0.3, 0.4) is 0 Å². The maximum Gasteiger partial charge on any atom is 0.225 e. The lowest BCUT2D eigenvalue weighted by Gasteiger charge is -2.13. The van der Waals surface area contributed by atoms with Crippen LogP contribution < -0.4 is 5.32 Å². The summed E-state index contributed by atoms with van der Waals surface area (Å²) in [5.41, 5.74) is 1.44. The lowest BCUT2D eigenvalue weighted by atomic mass is 9.97. The Labute approximate surface area is 132 Å². The van der Waals surface area contributed by atoms with E-state index in [-0.39, 0.29) is 24.1 Å². The second-order valence-electron chi connectivity index (χ2n) is 4.83. The number of rotatable bonds is 4. The van der Waals surface area contributed by atoms with E-state index in [0.717, 1.165) is 5.56 Å². The fraction of sp³-hybridized carbons (Fsp3) is 0.188. The van der Waals surface area contributed by atoms with E-state index in [1.54, 1.807) is 30.3 Å². The van der Waals surface area contributed by atoms with E-state index in [0.29, 0.717) is 15.7 Å². The van der Waals surface area contributed by atoms with Gasteiger partial charge in [0.2, 0.25) is 5.91 Å². The van der Waals surface area contributed by atoms with Gasteiger partial charge in [-0.1, -0.05) is 42.3 Å². The molecule has 0 aliphatic rings. The first-order valence-electron chi connectivity index (χ1n) is 6.46. The van der Waals surface area contributed by atoms with Crippen molar-refractivity contribution in [3.05, 3.63) is 63.9 Å². The first-order valence-corrected chi connectivity index (χ1v) is 7.21. The van der Waals surface area contributed by atoms with E-state index in [2.05, 4.69) is 5.32 Å². The number of hydrogen-bond donors (Lipinski definition) is 1. The minimum absolute atomic E-state index is 0.0170. The fourth-order valence-electron chi connectivity index (χ4n) is 1.98. The molecule has 1 N–H and O–H groups in total. The van der Waals surface area contributed by atoms with E-state index in [1.807, 2.05) is 6.92 Å². The Morgan fingerprint density at radius 2 is 1.86 bits per heavy atom. The van der Waals surface area contributed by atoms with Crippen LogP contribution >= 0.6 is 23.2 Å². The molecule has 0 saturated carbocycles. The van der Waals surface area contributed by atoms with E-state index in [9.17, 15) is 9.18 Å². The van der Waals surface area contributed by atoms with Crippen LogP contribution in [-0.2, 0) is 4.79 Å². The Kier molecular flexibility index (Phi) is 5.21. The zero-order valence-electron chi connectivity index (χ0n) is 11.4. The van der Waals surface area contributed by atoms with Gasteiger partial charge in [-0.15, -0.1) is 0 Å². The van der Waals surface area contributed by atoms with Crippen LogP contribution in [0.1, 0.15) is 24.8 Å². The molecule has 5 heteroatoms. The van der Waals surface area contributed by atoms with Crippen molar-refractivity contribution in [1.82, 2.24) is 0 Å². The van der Waals surface area contributed by atoms with Crippen LogP contribution in [0.2, 0.25) is 10.0 Å². The summed E-state index contributed by atoms with van der Waals surface area (Å²) in [6.07, 6.45) is 0.282. The molecule has 2 aromatic rings. The number of carbonyl (C=O) groups excluding carboxylic acids is 1. The van der Waals surface area contributed by atoms with E-state index < -0.39 is 0 Å². The molecule has 0 aliphatic heterocycles. The Bertz CT molecular complexity index is 643. The maximum absolute atomic E-state index is 12.9. The summed E-state index contributed by atoms with van der Waals surface area (Å²) < 4.78 is 12.9. The van der Waals surface area contributed by atoms with Gasteiger partial charge in [0, 0.05) is 11.4 Å². The van der Waals surface area contributed by atoms with Crippen molar-refractivity contribution in [3.63, 3.8) is 0 Å². The third kappa shape index (κ3) is 4.45. The molecule has 0 aliphatic carbocycles. The minimum atomic E-state index is -0.289. The highest BCUT2D eigenvalue weighted by atomic mass is 35.5. The number of halogens is 3. The molecule has 0 spiro atoms. The molecule has 0 heterocycles. The van der Waals surface area contributed by atoms with Gasteiger partial charge in [-0.3, -0.25) is 4.79 Å². The number of benzene rings is 2. The molecule has 1 amide bonds. The minimum Gasteiger partial charge on any atom is -0.325 e. The molecule has 21 heavy (non-hydrogen) atoms. The summed E-state index contributed by atoms with van der Waals surface area (Å²) in [6, 6.07) is 11.0. The number of anilines is 1. The molecule has 2 rings (SSSR count). The lowest BCUT2D eigenvalue weighted by molar-refractivity contribution is -0.116. The summed E-state index contributed by atoms with van der Waals surface area (Å²) in [6.45, 7) is 1.91. The SMILES string of the molecule is CC(CC(=O)Nc1ccc(Cl)cc1Cl)c1ccc(F)cc1. The topological polar surface area (TPSA) is 29.1 Å². The molecule has 2 nitrogen and oxygen atoms in total. The smallest absolute Gasteiger partial charge is 0.225 e. The van der Waals surface area contributed by atoms with Crippen molar-refractivity contribution >= 4 is 34.8 Å². The van der Waals surface area contributed by atoms with Crippen molar-refractivity contribution in [1.29, 1.82) is 0 Å². The third-order valence-corrected chi connectivity index (χ3v) is 3.68. The molecule has 1 unspecified atom stereocenters. The summed E-state index contributed by atoms with van der Waals surface area (Å²) >= 11 is 11.8. The van der Waals surface area contributed by atoms with Crippen LogP contribution in [0.4, 0.5) is 10.1 Å². The second kappa shape index (κ2) is 6.92. The van der Waals surface area contributed by atoms with Gasteiger partial charge < -0.3 is 5.32 Å². The molecule has 0 radical (unpaired) electrons. The van der Waals surface area contributed by atoms with Gasteiger partial charge in [-0.2, -0.15) is 0 Å². The molecular formula is C16H14Cl2FNO. The van der Waals surface area contributed by atoms with Gasteiger partial charge in [0.25, 0.3) is 0 Å². The average molecular weight is 326 g/mol. The van der Waals surface area contributed by atoms with Crippen molar-refractivity contribution in [2.24, 2.45) is 0 Å². The van der Waals surface area contributed by atoms with Crippen LogP contribution in [0.5, 0.6) is 0 Å². The highest BCUT2D eigenvalue weighted by molar-refractivity contribution is 6.36. The molecule has 0 fully saturated rings. The summed E-state index contributed by atoms with van der Waals surface area (Å²) in [5.74, 6) is -0.462. The first kappa shape index (κ1) is 15.8. The largest absolute Gasteiger partial charge is 0.325 e. The average Bonchev–Trinajstić information content (AvgIpc) is 2.42. The van der Waals surface area contributed by atoms with Crippen LogP contribution in [0.15, 0.2) is 42.5 Å². The molecule has 1 atom stereocenters. The highest BCUT2D eigenvalue weighted by Crippen LogP contribution is 2.26. The standard InChI is InChI=1S/C16H14Cl2FNO/c1-10(11-2-5-13(19)6-3-11)8-16(21)20-15-7-4-12(17)9-14(15)18/h2-7,9-10H,8H2,1H3,(H,20,21). The van der Waals surface area contributed by atoms with Crippen molar-refractivity contribution in [2.45, 2.75) is 19.3 Å². The van der Waals surface area contributed by atoms with Crippen LogP contribution in [0.25, 0.3) is 0 Å². The molecule has 0 saturated heterocycles. The quantitative estimate of drug-likeness (QED) is 0.815. The summed E-state index contributed by atoms with van der Waals surface area (Å²) in [4.78, 5) is 12.0. The number of amides is 1. The van der Waals surface area contributed by atoms with E-state index >= 15 is 0 Å². The Hall–Kier alpha value is -1.58. The van der Waals surface area contributed by atoms with Crippen LogP contribution in [0, 0.1) is 5.82 Å². The number of carbonyl (C=O) groups is 1. The number of hydrogen-bond acceptors (Lipinski definition) is 1. The monoisotopic (exact) mass is 325 g/mol. The normalized spacial score (nSPS) is 12.0. The van der Waals surface area contributed by atoms with Gasteiger partial charge in [-0.25, -0.2) is 4.39 Å². The lowest BCUT2D eigenvalue weighted by Crippen LogP contribution is -2.14. The third-order valence-electron chi connectivity index (χ3n) is 3.14. The Balaban J connectivity index is 1.99. The van der Waals surface area contributed by atoms with E-state index in [4.69, 9.17) is 23.2 Å². The summed E-state index contributed by atoms with van der Waals surface area (Å²) in [5, 5.41) is 3.65. The van der Waals surface area contributed by atoms with Gasteiger partial charge in [0.1, 0.15) is 5.82 Å². The Morgan fingerprint density at radius 1 is 1.19 bits per heavy atom. The first-order chi connectivity index (χ1) is 9.95. The van der Waals surface area contributed by atoms with E-state index in [1.165, 1.54) is 12.1 Å². The van der Waals surface area contributed by atoms with Gasteiger partial charge in [0.05, 0.1) is 10.7 Å². The predicted molar refractivity (Wildman–Crippen MR) is 84.5 cm³/mol. The molecule has 110 valence electrons. The molecule has 0 aromatic heterocycles. The zero-order valence-corrected chi connectivity index (χ0v) is 12.9. The molecule has 0 bridgehead atoms. The molecular weight excluding hydrogens is 312 g/mol. The van der Waals surface area contributed by atoms with Crippen molar-refractivity contribution in [3.8, 4) is 0 Å². The maximum atomic E-state index is 12.9. The van der Waals surface area contributed by atoms with Gasteiger partial charge >= 0.3 is 0 Å². The highest BCUT2D eigenvalue weighted by Gasteiger charge is 2.13. The number of nitrogens with one attached hydrogen (secondary N) is 1. The summed E-state index contributed by atoms with van der Waals surface area (Å²) in [7, 11) is 0. The van der Waals surface area contributed by atoms with Gasteiger partial charge in [0.15, 0.2) is 0 Å². The fourth-order valence-corrected chi connectivity index (χ4v) is 2.44. The van der Waals surface area contributed by atoms with Gasteiger partial charge in [-0.05, 0) is 41.8 Å².